The highest BCUT2D eigenvalue weighted by atomic mass is 16.5. The summed E-state index contributed by atoms with van der Waals surface area (Å²) in [5, 5.41) is 3.44. The molecule has 0 saturated carbocycles. The molecular formula is C18H24N4O2. The zero-order valence-electron chi connectivity index (χ0n) is 14.3. The number of aromatic nitrogens is 2. The minimum atomic E-state index is 0.0603. The van der Waals surface area contributed by atoms with Crippen molar-refractivity contribution >= 4 is 5.91 Å². The summed E-state index contributed by atoms with van der Waals surface area (Å²) >= 11 is 0. The van der Waals surface area contributed by atoms with Crippen LogP contribution in [0, 0.1) is 0 Å². The molecule has 0 aliphatic carbocycles. The van der Waals surface area contributed by atoms with Crippen LogP contribution >= 0.6 is 0 Å². The second-order valence-corrected chi connectivity index (χ2v) is 5.99. The number of benzene rings is 1. The summed E-state index contributed by atoms with van der Waals surface area (Å²) in [5.41, 5.74) is 3.07. The van der Waals surface area contributed by atoms with E-state index in [9.17, 15) is 4.79 Å². The number of carbonyl (C=O) groups excluding carboxylic acids is 1. The van der Waals surface area contributed by atoms with Gasteiger partial charge in [-0.25, -0.2) is 4.98 Å². The van der Waals surface area contributed by atoms with E-state index in [1.165, 1.54) is 5.69 Å². The first-order chi connectivity index (χ1) is 11.7. The van der Waals surface area contributed by atoms with Crippen molar-refractivity contribution in [3.05, 3.63) is 53.1 Å². The Morgan fingerprint density at radius 2 is 2.12 bits per heavy atom. The van der Waals surface area contributed by atoms with Crippen molar-refractivity contribution in [1.82, 2.24) is 19.8 Å². The predicted octanol–water partition coefficient (Wildman–Crippen LogP) is 1.79. The molecule has 0 radical (unpaired) electrons. The predicted molar refractivity (Wildman–Crippen MR) is 91.5 cm³/mol. The van der Waals surface area contributed by atoms with Gasteiger partial charge in [-0.1, -0.05) is 12.1 Å². The maximum Gasteiger partial charge on any atom is 0.253 e. The van der Waals surface area contributed by atoms with Crippen LogP contribution in [0.2, 0.25) is 0 Å². The smallest absolute Gasteiger partial charge is 0.253 e. The number of fused-ring (bicyclic) bond motifs is 1. The zero-order chi connectivity index (χ0) is 16.9. The van der Waals surface area contributed by atoms with Gasteiger partial charge in [0.2, 0.25) is 0 Å². The highest BCUT2D eigenvalue weighted by Gasteiger charge is 2.14. The van der Waals surface area contributed by atoms with E-state index in [0.717, 1.165) is 43.2 Å². The molecule has 0 spiro atoms. The lowest BCUT2D eigenvalue weighted by molar-refractivity contribution is 0.0801. The average molecular weight is 328 g/mol. The van der Waals surface area contributed by atoms with E-state index >= 15 is 0 Å². The highest BCUT2D eigenvalue weighted by molar-refractivity contribution is 5.94. The summed E-state index contributed by atoms with van der Waals surface area (Å²) in [5.74, 6) is 1.06. The van der Waals surface area contributed by atoms with Gasteiger partial charge in [-0.3, -0.25) is 4.79 Å². The topological polar surface area (TPSA) is 59.4 Å². The normalized spacial score (nSPS) is 13.6. The van der Waals surface area contributed by atoms with Crippen molar-refractivity contribution in [2.45, 2.75) is 33.2 Å². The van der Waals surface area contributed by atoms with Gasteiger partial charge in [-0.05, 0) is 24.6 Å². The fraction of sp³-hybridized carbons (Fsp3) is 0.444. The molecule has 0 unspecified atom stereocenters. The third-order valence-electron chi connectivity index (χ3n) is 4.37. The van der Waals surface area contributed by atoms with Gasteiger partial charge >= 0.3 is 0 Å². The molecule has 0 fully saturated rings. The van der Waals surface area contributed by atoms with E-state index in [1.807, 2.05) is 44.4 Å². The molecule has 0 saturated heterocycles. The van der Waals surface area contributed by atoms with Gasteiger partial charge in [0.1, 0.15) is 12.4 Å². The van der Waals surface area contributed by atoms with Crippen molar-refractivity contribution in [3.63, 3.8) is 0 Å². The molecule has 3 rings (SSSR count). The Labute approximate surface area is 142 Å². The number of hydrogen-bond donors (Lipinski definition) is 1. The van der Waals surface area contributed by atoms with Crippen molar-refractivity contribution in [3.8, 4) is 0 Å². The molecule has 1 N–H and O–H groups in total. The fourth-order valence-electron chi connectivity index (χ4n) is 2.77. The quantitative estimate of drug-likeness (QED) is 0.878. The monoisotopic (exact) mass is 328 g/mol. The molecule has 1 aromatic carbocycles. The minimum absolute atomic E-state index is 0.0603. The number of rotatable bonds is 6. The standard InChI is InChI=1S/C18H24N4O2/c1-3-21(2)18(23)15-6-4-14(5-7-15)10-19-11-16-12-20-17-13-24-9-8-22(16)17/h4-7,12,19H,3,8-11,13H2,1-2H3. The van der Waals surface area contributed by atoms with Crippen molar-refractivity contribution < 1.29 is 9.53 Å². The molecule has 2 heterocycles. The first kappa shape index (κ1) is 16.7. The Morgan fingerprint density at radius 1 is 1.33 bits per heavy atom. The molecule has 1 aliphatic heterocycles. The van der Waals surface area contributed by atoms with Crippen molar-refractivity contribution in [2.24, 2.45) is 0 Å². The summed E-state index contributed by atoms with van der Waals surface area (Å²) in [7, 11) is 1.81. The minimum Gasteiger partial charge on any atom is -0.372 e. The summed E-state index contributed by atoms with van der Waals surface area (Å²) in [6.45, 7) is 6.43. The Morgan fingerprint density at radius 3 is 2.88 bits per heavy atom. The van der Waals surface area contributed by atoms with Crippen LogP contribution in [0.5, 0.6) is 0 Å². The molecule has 6 nitrogen and oxygen atoms in total. The third kappa shape index (κ3) is 3.66. The fourth-order valence-corrected chi connectivity index (χ4v) is 2.77. The second kappa shape index (κ2) is 7.59. The molecular weight excluding hydrogens is 304 g/mol. The lowest BCUT2D eigenvalue weighted by Crippen LogP contribution is -2.26. The van der Waals surface area contributed by atoms with Gasteiger partial charge in [0.15, 0.2) is 0 Å². The third-order valence-corrected chi connectivity index (χ3v) is 4.37. The maximum absolute atomic E-state index is 12.1. The van der Waals surface area contributed by atoms with E-state index in [1.54, 1.807) is 4.90 Å². The second-order valence-electron chi connectivity index (χ2n) is 5.99. The van der Waals surface area contributed by atoms with Crippen LogP contribution in [-0.2, 0) is 31.0 Å². The number of hydrogen-bond acceptors (Lipinski definition) is 4. The van der Waals surface area contributed by atoms with Crippen LogP contribution in [0.1, 0.15) is 34.4 Å². The first-order valence-electron chi connectivity index (χ1n) is 8.35. The molecule has 0 atom stereocenters. The zero-order valence-corrected chi connectivity index (χ0v) is 14.3. The molecule has 0 bridgehead atoms. The summed E-state index contributed by atoms with van der Waals surface area (Å²) in [6, 6.07) is 7.79. The molecule has 1 aromatic heterocycles. The van der Waals surface area contributed by atoms with Gasteiger partial charge in [-0.15, -0.1) is 0 Å². The summed E-state index contributed by atoms with van der Waals surface area (Å²) in [6.07, 6.45) is 1.92. The van der Waals surface area contributed by atoms with Crippen molar-refractivity contribution in [1.29, 1.82) is 0 Å². The van der Waals surface area contributed by atoms with Crippen molar-refractivity contribution in [2.75, 3.05) is 20.2 Å². The highest BCUT2D eigenvalue weighted by Crippen LogP contribution is 2.12. The van der Waals surface area contributed by atoms with Crippen LogP contribution in [0.15, 0.2) is 30.5 Å². The SMILES string of the molecule is CCN(C)C(=O)c1ccc(CNCc2cnc3n2CCOC3)cc1. The Hall–Kier alpha value is -2.18. The van der Waals surface area contributed by atoms with E-state index < -0.39 is 0 Å². The molecule has 2 aromatic rings. The molecule has 24 heavy (non-hydrogen) atoms. The number of imidazole rings is 1. The van der Waals surface area contributed by atoms with Crippen LogP contribution in [0.3, 0.4) is 0 Å². The lowest BCUT2D eigenvalue weighted by Gasteiger charge is -2.17. The van der Waals surface area contributed by atoms with Crippen LogP contribution in [-0.4, -0.2) is 40.6 Å². The van der Waals surface area contributed by atoms with Gasteiger partial charge < -0.3 is 19.5 Å². The van der Waals surface area contributed by atoms with Crippen LogP contribution in [0.4, 0.5) is 0 Å². The summed E-state index contributed by atoms with van der Waals surface area (Å²) in [4.78, 5) is 18.2. The average Bonchev–Trinajstić information content (AvgIpc) is 3.04. The number of ether oxygens (including phenoxy) is 1. The number of carbonyl (C=O) groups is 1. The molecule has 1 aliphatic rings. The van der Waals surface area contributed by atoms with Gasteiger partial charge in [0.05, 0.1) is 12.3 Å². The van der Waals surface area contributed by atoms with Gasteiger partial charge in [-0.2, -0.15) is 0 Å². The summed E-state index contributed by atoms with van der Waals surface area (Å²) < 4.78 is 7.62. The van der Waals surface area contributed by atoms with Crippen LogP contribution < -0.4 is 5.32 Å². The molecule has 6 heteroatoms. The number of nitrogens with one attached hydrogen (secondary N) is 1. The van der Waals surface area contributed by atoms with E-state index in [0.29, 0.717) is 13.2 Å². The number of nitrogens with zero attached hydrogens (tertiary/aromatic N) is 3. The first-order valence-corrected chi connectivity index (χ1v) is 8.35. The largest absolute Gasteiger partial charge is 0.372 e. The molecule has 1 amide bonds. The lowest BCUT2D eigenvalue weighted by atomic mass is 10.1. The number of amides is 1. The Bertz CT molecular complexity index is 694. The molecule has 128 valence electrons. The Balaban J connectivity index is 1.54. The van der Waals surface area contributed by atoms with E-state index in [2.05, 4.69) is 14.9 Å². The van der Waals surface area contributed by atoms with E-state index in [4.69, 9.17) is 4.74 Å². The Kier molecular flexibility index (Phi) is 5.27. The van der Waals surface area contributed by atoms with Crippen LogP contribution in [0.25, 0.3) is 0 Å². The van der Waals surface area contributed by atoms with E-state index in [-0.39, 0.29) is 5.91 Å². The van der Waals surface area contributed by atoms with Gasteiger partial charge in [0.25, 0.3) is 5.91 Å². The maximum atomic E-state index is 12.1. The van der Waals surface area contributed by atoms with Gasteiger partial charge in [0, 0.05) is 45.0 Å².